The molecule has 0 aliphatic rings. The van der Waals surface area contributed by atoms with Gasteiger partial charge >= 0.3 is 0 Å². The van der Waals surface area contributed by atoms with Crippen LogP contribution in [0.2, 0.25) is 0 Å². The van der Waals surface area contributed by atoms with E-state index in [0.29, 0.717) is 12.0 Å². The molecule has 1 aromatic heterocycles. The molecule has 4 nitrogen and oxygen atoms in total. The first-order chi connectivity index (χ1) is 8.76. The number of halogens is 1. The normalized spacial score (nSPS) is 10.6. The molecule has 0 unspecified atom stereocenters. The van der Waals surface area contributed by atoms with Gasteiger partial charge in [0, 0.05) is 19.5 Å². The van der Waals surface area contributed by atoms with Crippen molar-refractivity contribution in [2.24, 2.45) is 0 Å². The quantitative estimate of drug-likeness (QED) is 0.883. The Hall–Kier alpha value is -1.91. The Labute approximate surface area is 106 Å². The highest BCUT2D eigenvalue weighted by atomic mass is 19.1. The van der Waals surface area contributed by atoms with Crippen LogP contribution >= 0.6 is 0 Å². The van der Waals surface area contributed by atoms with E-state index in [1.165, 1.54) is 6.07 Å². The first-order valence-corrected chi connectivity index (χ1v) is 6.15. The van der Waals surface area contributed by atoms with Crippen LogP contribution in [0.15, 0.2) is 24.3 Å². The van der Waals surface area contributed by atoms with Crippen LogP contribution in [-0.2, 0) is 13.0 Å². The zero-order valence-electron chi connectivity index (χ0n) is 10.7. The van der Waals surface area contributed by atoms with Gasteiger partial charge in [-0.25, -0.2) is 4.39 Å². The van der Waals surface area contributed by atoms with E-state index in [0.717, 1.165) is 24.9 Å². The van der Waals surface area contributed by atoms with Crippen molar-refractivity contribution in [2.75, 3.05) is 11.9 Å². The summed E-state index contributed by atoms with van der Waals surface area (Å²) in [6.45, 7) is 5.58. The van der Waals surface area contributed by atoms with E-state index in [9.17, 15) is 4.39 Å². The van der Waals surface area contributed by atoms with Crippen LogP contribution in [0.4, 0.5) is 10.3 Å². The van der Waals surface area contributed by atoms with Gasteiger partial charge < -0.3 is 5.32 Å². The molecule has 0 aliphatic carbocycles. The number of nitrogens with one attached hydrogen (secondary N) is 1. The molecule has 1 N–H and O–H groups in total. The number of benzene rings is 1. The summed E-state index contributed by atoms with van der Waals surface area (Å²) >= 11 is 0. The maximum Gasteiger partial charge on any atom is 0.224 e. The topological polar surface area (TPSA) is 42.7 Å². The molecule has 0 bridgehead atoms. The van der Waals surface area contributed by atoms with Gasteiger partial charge in [-0.3, -0.25) is 4.57 Å². The lowest BCUT2D eigenvalue weighted by Crippen LogP contribution is -2.09. The zero-order chi connectivity index (χ0) is 13.0. The molecule has 5 heteroatoms. The van der Waals surface area contributed by atoms with Crippen LogP contribution in [-0.4, -0.2) is 21.3 Å². The molecular formula is C13H17FN4. The Morgan fingerprint density at radius 1 is 1.22 bits per heavy atom. The monoisotopic (exact) mass is 248 g/mol. The molecule has 0 atom stereocenters. The van der Waals surface area contributed by atoms with Crippen LogP contribution in [0.5, 0.6) is 0 Å². The second-order valence-electron chi connectivity index (χ2n) is 3.98. The second-order valence-corrected chi connectivity index (χ2v) is 3.98. The summed E-state index contributed by atoms with van der Waals surface area (Å²) in [5.41, 5.74) is 0.641. The van der Waals surface area contributed by atoms with Crippen molar-refractivity contribution in [1.82, 2.24) is 14.8 Å². The molecule has 18 heavy (non-hydrogen) atoms. The third-order valence-electron chi connectivity index (χ3n) is 2.78. The van der Waals surface area contributed by atoms with Gasteiger partial charge in [0.1, 0.15) is 11.6 Å². The maximum absolute atomic E-state index is 13.6. The summed E-state index contributed by atoms with van der Waals surface area (Å²) in [5.74, 6) is 1.32. The fourth-order valence-corrected chi connectivity index (χ4v) is 1.90. The molecule has 0 radical (unpaired) electrons. The standard InChI is InChI=1S/C13H17FN4/c1-3-15-13-17-16-12(18(13)4-2)9-10-7-5-6-8-11(10)14/h5-8H,3-4,9H2,1-2H3,(H,15,17). The predicted molar refractivity (Wildman–Crippen MR) is 69.1 cm³/mol. The lowest BCUT2D eigenvalue weighted by atomic mass is 10.1. The Kier molecular flexibility index (Phi) is 3.92. The molecule has 0 saturated heterocycles. The number of hydrogen-bond donors (Lipinski definition) is 1. The number of nitrogens with zero attached hydrogens (tertiary/aromatic N) is 3. The van der Waals surface area contributed by atoms with Crippen molar-refractivity contribution in [1.29, 1.82) is 0 Å². The first-order valence-electron chi connectivity index (χ1n) is 6.15. The number of aromatic nitrogens is 3. The third kappa shape index (κ3) is 2.50. The Balaban J connectivity index is 2.27. The number of rotatable bonds is 5. The van der Waals surface area contributed by atoms with E-state index >= 15 is 0 Å². The summed E-state index contributed by atoms with van der Waals surface area (Å²) < 4.78 is 15.6. The van der Waals surface area contributed by atoms with Gasteiger partial charge in [-0.05, 0) is 25.5 Å². The first kappa shape index (κ1) is 12.5. The highest BCUT2D eigenvalue weighted by Crippen LogP contribution is 2.14. The second kappa shape index (κ2) is 5.62. The van der Waals surface area contributed by atoms with Crippen LogP contribution in [0.1, 0.15) is 25.2 Å². The van der Waals surface area contributed by atoms with Crippen LogP contribution in [0, 0.1) is 5.82 Å². The third-order valence-corrected chi connectivity index (χ3v) is 2.78. The van der Waals surface area contributed by atoms with E-state index in [4.69, 9.17) is 0 Å². The van der Waals surface area contributed by atoms with Gasteiger partial charge in [0.25, 0.3) is 0 Å². The summed E-state index contributed by atoms with van der Waals surface area (Å²) in [6.07, 6.45) is 0.457. The molecule has 0 spiro atoms. The predicted octanol–water partition coefficient (Wildman–Crippen LogP) is 2.46. The molecule has 96 valence electrons. The van der Waals surface area contributed by atoms with E-state index in [-0.39, 0.29) is 5.82 Å². The van der Waals surface area contributed by atoms with Gasteiger partial charge in [-0.15, -0.1) is 10.2 Å². The summed E-state index contributed by atoms with van der Waals surface area (Å²) in [6, 6.07) is 6.76. The van der Waals surface area contributed by atoms with Crippen molar-refractivity contribution in [3.05, 3.63) is 41.5 Å². The molecule has 1 heterocycles. The fraction of sp³-hybridized carbons (Fsp3) is 0.385. The molecule has 0 aliphatic heterocycles. The average Bonchev–Trinajstić information content (AvgIpc) is 2.75. The van der Waals surface area contributed by atoms with Crippen LogP contribution in [0.25, 0.3) is 0 Å². The van der Waals surface area contributed by atoms with Crippen LogP contribution in [0.3, 0.4) is 0 Å². The van der Waals surface area contributed by atoms with E-state index in [1.807, 2.05) is 24.5 Å². The molecular weight excluding hydrogens is 231 g/mol. The minimum absolute atomic E-state index is 0.201. The van der Waals surface area contributed by atoms with E-state index in [1.54, 1.807) is 12.1 Å². The summed E-state index contributed by atoms with van der Waals surface area (Å²) in [7, 11) is 0. The van der Waals surface area contributed by atoms with Crippen molar-refractivity contribution in [2.45, 2.75) is 26.8 Å². The van der Waals surface area contributed by atoms with Crippen molar-refractivity contribution in [3.8, 4) is 0 Å². The minimum Gasteiger partial charge on any atom is -0.355 e. The smallest absolute Gasteiger partial charge is 0.224 e. The SMILES string of the molecule is CCNc1nnc(Cc2ccccc2F)n1CC. The van der Waals surface area contributed by atoms with Gasteiger partial charge in [0.2, 0.25) is 5.95 Å². The molecule has 0 saturated carbocycles. The maximum atomic E-state index is 13.6. The van der Waals surface area contributed by atoms with Gasteiger partial charge in [0.15, 0.2) is 0 Å². The fourth-order valence-electron chi connectivity index (χ4n) is 1.90. The minimum atomic E-state index is -0.201. The Morgan fingerprint density at radius 2 is 2.00 bits per heavy atom. The van der Waals surface area contributed by atoms with E-state index < -0.39 is 0 Å². The Morgan fingerprint density at radius 3 is 2.67 bits per heavy atom. The van der Waals surface area contributed by atoms with Crippen LogP contribution < -0.4 is 5.32 Å². The highest BCUT2D eigenvalue weighted by molar-refractivity contribution is 5.28. The van der Waals surface area contributed by atoms with Gasteiger partial charge in [0.05, 0.1) is 0 Å². The lowest BCUT2D eigenvalue weighted by Gasteiger charge is -2.08. The zero-order valence-corrected chi connectivity index (χ0v) is 10.7. The molecule has 2 rings (SSSR count). The van der Waals surface area contributed by atoms with E-state index in [2.05, 4.69) is 15.5 Å². The van der Waals surface area contributed by atoms with Crippen molar-refractivity contribution in [3.63, 3.8) is 0 Å². The molecule has 0 amide bonds. The summed E-state index contributed by atoms with van der Waals surface area (Å²) in [5, 5.41) is 11.4. The van der Waals surface area contributed by atoms with Crippen molar-refractivity contribution >= 4 is 5.95 Å². The molecule has 0 fully saturated rings. The molecule has 1 aromatic carbocycles. The Bertz CT molecular complexity index is 521. The number of hydrogen-bond acceptors (Lipinski definition) is 3. The van der Waals surface area contributed by atoms with Gasteiger partial charge in [-0.1, -0.05) is 18.2 Å². The largest absolute Gasteiger partial charge is 0.355 e. The number of anilines is 1. The average molecular weight is 248 g/mol. The van der Waals surface area contributed by atoms with Gasteiger partial charge in [-0.2, -0.15) is 0 Å². The summed E-state index contributed by atoms with van der Waals surface area (Å²) in [4.78, 5) is 0. The highest BCUT2D eigenvalue weighted by Gasteiger charge is 2.12. The molecule has 2 aromatic rings. The van der Waals surface area contributed by atoms with Crippen molar-refractivity contribution < 1.29 is 4.39 Å². The lowest BCUT2D eigenvalue weighted by molar-refractivity contribution is 0.608.